The highest BCUT2D eigenvalue weighted by Gasteiger charge is 2.25. The Hall–Kier alpha value is -1.00. The number of benzene rings is 1. The molecule has 0 bridgehead atoms. The lowest BCUT2D eigenvalue weighted by Gasteiger charge is -2.38. The topological polar surface area (TPSA) is 15.3 Å². The molecule has 1 aromatic rings. The summed E-state index contributed by atoms with van der Waals surface area (Å²) in [6.45, 7) is 7.14. The monoisotopic (exact) mass is 268 g/mol. The molecule has 2 atom stereocenters. The first-order chi connectivity index (χ1) is 9.13. The molecule has 2 rings (SSSR count). The third-order valence-electron chi connectivity index (χ3n) is 4.03. The Balaban J connectivity index is 2.14. The van der Waals surface area contributed by atoms with Crippen LogP contribution in [0, 0.1) is 11.6 Å². The second kappa shape index (κ2) is 6.44. The van der Waals surface area contributed by atoms with Gasteiger partial charge in [-0.05, 0) is 50.6 Å². The van der Waals surface area contributed by atoms with Crippen LogP contribution in [-0.2, 0) is 0 Å². The number of hydrogen-bond donors (Lipinski definition) is 1. The van der Waals surface area contributed by atoms with Gasteiger partial charge in [0, 0.05) is 18.6 Å². The Morgan fingerprint density at radius 3 is 2.74 bits per heavy atom. The fraction of sp³-hybridized carbons (Fsp3) is 0.600. The van der Waals surface area contributed by atoms with Crippen LogP contribution >= 0.6 is 0 Å². The van der Waals surface area contributed by atoms with Crippen molar-refractivity contribution < 1.29 is 8.78 Å². The maximum Gasteiger partial charge on any atom is 0.159 e. The highest BCUT2D eigenvalue weighted by molar-refractivity contribution is 5.21. The van der Waals surface area contributed by atoms with E-state index in [-0.39, 0.29) is 6.04 Å². The highest BCUT2D eigenvalue weighted by atomic mass is 19.2. The molecule has 1 N–H and O–H groups in total. The van der Waals surface area contributed by atoms with E-state index < -0.39 is 11.6 Å². The maximum atomic E-state index is 13.3. The van der Waals surface area contributed by atoms with Crippen molar-refractivity contribution in [2.75, 3.05) is 19.6 Å². The van der Waals surface area contributed by atoms with Crippen molar-refractivity contribution in [2.45, 2.75) is 38.8 Å². The van der Waals surface area contributed by atoms with Gasteiger partial charge in [-0.3, -0.25) is 4.90 Å². The fourth-order valence-corrected chi connectivity index (χ4v) is 2.93. The number of piperidine rings is 1. The van der Waals surface area contributed by atoms with Crippen molar-refractivity contribution in [3.8, 4) is 0 Å². The Morgan fingerprint density at radius 2 is 2.16 bits per heavy atom. The van der Waals surface area contributed by atoms with Crippen molar-refractivity contribution >= 4 is 0 Å². The average Bonchev–Trinajstić information content (AvgIpc) is 2.44. The predicted molar refractivity (Wildman–Crippen MR) is 73.0 cm³/mol. The molecule has 1 heterocycles. The standard InChI is InChI=1S/C15H22F2N2/c1-3-19(13-5-4-8-18-10-13)11(2)12-6-7-14(16)15(17)9-12/h6-7,9,11,13,18H,3-5,8,10H2,1-2H3. The molecule has 1 aliphatic rings. The molecule has 0 amide bonds. The van der Waals surface area contributed by atoms with E-state index in [4.69, 9.17) is 0 Å². The van der Waals surface area contributed by atoms with Gasteiger partial charge in [0.2, 0.25) is 0 Å². The summed E-state index contributed by atoms with van der Waals surface area (Å²) in [5, 5.41) is 3.40. The van der Waals surface area contributed by atoms with E-state index in [1.165, 1.54) is 18.6 Å². The molecule has 2 unspecified atom stereocenters. The zero-order valence-electron chi connectivity index (χ0n) is 11.6. The molecule has 1 saturated heterocycles. The van der Waals surface area contributed by atoms with E-state index in [0.29, 0.717) is 6.04 Å². The predicted octanol–water partition coefficient (Wildman–Crippen LogP) is 3.10. The second-order valence-electron chi connectivity index (χ2n) is 5.18. The van der Waals surface area contributed by atoms with Crippen LogP contribution in [0.5, 0.6) is 0 Å². The molecule has 4 heteroatoms. The van der Waals surface area contributed by atoms with Crippen LogP contribution in [0.4, 0.5) is 8.78 Å². The van der Waals surface area contributed by atoms with Crippen LogP contribution in [0.15, 0.2) is 18.2 Å². The second-order valence-corrected chi connectivity index (χ2v) is 5.18. The summed E-state index contributed by atoms with van der Waals surface area (Å²) < 4.78 is 26.3. The van der Waals surface area contributed by atoms with Gasteiger partial charge in [0.05, 0.1) is 0 Å². The number of hydrogen-bond acceptors (Lipinski definition) is 2. The minimum Gasteiger partial charge on any atom is -0.315 e. The zero-order valence-corrected chi connectivity index (χ0v) is 11.6. The van der Waals surface area contributed by atoms with E-state index in [9.17, 15) is 8.78 Å². The molecule has 0 radical (unpaired) electrons. The number of rotatable bonds is 4. The summed E-state index contributed by atoms with van der Waals surface area (Å²) >= 11 is 0. The number of nitrogens with zero attached hydrogens (tertiary/aromatic N) is 1. The molecule has 1 aromatic carbocycles. The van der Waals surface area contributed by atoms with Gasteiger partial charge in [0.1, 0.15) is 0 Å². The molecule has 0 aromatic heterocycles. The van der Waals surface area contributed by atoms with Gasteiger partial charge in [-0.25, -0.2) is 8.78 Å². The Bertz CT molecular complexity index is 417. The molecule has 0 spiro atoms. The smallest absolute Gasteiger partial charge is 0.159 e. The highest BCUT2D eigenvalue weighted by Crippen LogP contribution is 2.25. The van der Waals surface area contributed by atoms with Gasteiger partial charge in [0.15, 0.2) is 11.6 Å². The van der Waals surface area contributed by atoms with E-state index in [2.05, 4.69) is 24.1 Å². The SMILES string of the molecule is CCN(C1CCCNC1)C(C)c1ccc(F)c(F)c1. The minimum absolute atomic E-state index is 0.102. The van der Waals surface area contributed by atoms with Gasteiger partial charge in [-0.1, -0.05) is 13.0 Å². The van der Waals surface area contributed by atoms with Crippen molar-refractivity contribution in [1.82, 2.24) is 10.2 Å². The summed E-state index contributed by atoms with van der Waals surface area (Å²) in [6, 6.07) is 4.79. The molecule has 2 nitrogen and oxygen atoms in total. The van der Waals surface area contributed by atoms with Crippen molar-refractivity contribution in [2.24, 2.45) is 0 Å². The molecule has 106 valence electrons. The van der Waals surface area contributed by atoms with Crippen molar-refractivity contribution in [3.63, 3.8) is 0 Å². The van der Waals surface area contributed by atoms with Crippen molar-refractivity contribution in [1.29, 1.82) is 0 Å². The summed E-state index contributed by atoms with van der Waals surface area (Å²) in [5.41, 5.74) is 0.839. The third-order valence-corrected chi connectivity index (χ3v) is 4.03. The van der Waals surface area contributed by atoms with Gasteiger partial charge >= 0.3 is 0 Å². The molecule has 0 saturated carbocycles. The van der Waals surface area contributed by atoms with Crippen molar-refractivity contribution in [3.05, 3.63) is 35.4 Å². The molecule has 19 heavy (non-hydrogen) atoms. The van der Waals surface area contributed by atoms with Crippen LogP contribution in [0.1, 0.15) is 38.3 Å². The number of nitrogens with one attached hydrogen (secondary N) is 1. The van der Waals surface area contributed by atoms with E-state index in [1.54, 1.807) is 6.07 Å². The molecular weight excluding hydrogens is 246 g/mol. The van der Waals surface area contributed by atoms with Crippen LogP contribution in [0.25, 0.3) is 0 Å². The van der Waals surface area contributed by atoms with Crippen LogP contribution in [-0.4, -0.2) is 30.6 Å². The van der Waals surface area contributed by atoms with Gasteiger partial charge in [-0.15, -0.1) is 0 Å². The summed E-state index contributed by atoms with van der Waals surface area (Å²) in [7, 11) is 0. The summed E-state index contributed by atoms with van der Waals surface area (Å²) in [4.78, 5) is 2.36. The lowest BCUT2D eigenvalue weighted by atomic mass is 10.00. The third kappa shape index (κ3) is 3.31. The number of likely N-dealkylation sites (N-methyl/N-ethyl adjacent to an activating group) is 1. The summed E-state index contributed by atoms with van der Waals surface area (Å²) in [5.74, 6) is -1.54. The zero-order chi connectivity index (χ0) is 13.8. The fourth-order valence-electron chi connectivity index (χ4n) is 2.93. The van der Waals surface area contributed by atoms with E-state index >= 15 is 0 Å². The first-order valence-corrected chi connectivity index (χ1v) is 7.05. The Labute approximate surface area is 113 Å². The first kappa shape index (κ1) is 14.4. The van der Waals surface area contributed by atoms with E-state index in [0.717, 1.165) is 31.6 Å². The van der Waals surface area contributed by atoms with E-state index in [1.807, 2.05) is 0 Å². The normalized spacial score (nSPS) is 21.6. The lowest BCUT2D eigenvalue weighted by Crippen LogP contribution is -2.46. The van der Waals surface area contributed by atoms with Crippen LogP contribution in [0.3, 0.4) is 0 Å². The maximum absolute atomic E-state index is 13.3. The summed E-state index contributed by atoms with van der Waals surface area (Å²) in [6.07, 6.45) is 2.33. The van der Waals surface area contributed by atoms with Gasteiger partial charge in [0.25, 0.3) is 0 Å². The minimum atomic E-state index is -0.779. The molecule has 1 aliphatic heterocycles. The molecular formula is C15H22F2N2. The average molecular weight is 268 g/mol. The number of halogens is 2. The quantitative estimate of drug-likeness (QED) is 0.902. The Kier molecular flexibility index (Phi) is 4.88. The Morgan fingerprint density at radius 1 is 1.37 bits per heavy atom. The van der Waals surface area contributed by atoms with Gasteiger partial charge < -0.3 is 5.32 Å². The molecule has 0 aliphatic carbocycles. The molecule has 1 fully saturated rings. The van der Waals surface area contributed by atoms with Gasteiger partial charge in [-0.2, -0.15) is 0 Å². The lowest BCUT2D eigenvalue weighted by molar-refractivity contribution is 0.128. The van der Waals surface area contributed by atoms with Crippen LogP contribution < -0.4 is 5.32 Å². The largest absolute Gasteiger partial charge is 0.315 e. The van der Waals surface area contributed by atoms with Crippen LogP contribution in [0.2, 0.25) is 0 Å². The first-order valence-electron chi connectivity index (χ1n) is 7.05.